The van der Waals surface area contributed by atoms with Crippen molar-refractivity contribution in [3.8, 4) is 5.75 Å². The van der Waals surface area contributed by atoms with Crippen LogP contribution in [0, 0.1) is 19.7 Å². The molecule has 2 aromatic carbocycles. The Balaban J connectivity index is 1.74. The van der Waals surface area contributed by atoms with Crippen molar-refractivity contribution in [3.05, 3.63) is 81.9 Å². The molecule has 4 nitrogen and oxygen atoms in total. The van der Waals surface area contributed by atoms with Crippen LogP contribution in [-0.2, 0) is 5.75 Å². The molecule has 0 aliphatic heterocycles. The molecule has 0 spiro atoms. The number of carbonyl (C=O) groups excluding carboxylic acids is 1. The van der Waals surface area contributed by atoms with Crippen LogP contribution in [0.15, 0.2) is 53.8 Å². The first-order valence-electron chi connectivity index (χ1n) is 8.11. The normalized spacial score (nSPS) is 10.7. The molecule has 0 saturated carbocycles. The van der Waals surface area contributed by atoms with Gasteiger partial charge in [0.1, 0.15) is 11.6 Å². The Morgan fingerprint density at radius 3 is 2.48 bits per heavy atom. The zero-order valence-corrected chi connectivity index (χ0v) is 16.3. The first kappa shape index (κ1) is 19.3. The van der Waals surface area contributed by atoms with Crippen molar-refractivity contribution in [2.24, 2.45) is 0 Å². The molecule has 0 aliphatic rings. The van der Waals surface area contributed by atoms with Crippen LogP contribution >= 0.6 is 23.4 Å². The van der Waals surface area contributed by atoms with E-state index in [1.54, 1.807) is 24.3 Å². The number of hydrogen-bond acceptors (Lipinski definition) is 5. The van der Waals surface area contributed by atoms with E-state index in [-0.39, 0.29) is 16.5 Å². The van der Waals surface area contributed by atoms with Gasteiger partial charge >= 0.3 is 5.97 Å². The third-order valence-corrected chi connectivity index (χ3v) is 4.81. The van der Waals surface area contributed by atoms with Gasteiger partial charge in [-0.3, -0.25) is 0 Å². The molecule has 0 bridgehead atoms. The summed E-state index contributed by atoms with van der Waals surface area (Å²) in [7, 11) is 0. The van der Waals surface area contributed by atoms with Crippen LogP contribution in [0.5, 0.6) is 5.75 Å². The Morgan fingerprint density at radius 2 is 1.81 bits per heavy atom. The molecule has 138 valence electrons. The number of hydrogen-bond donors (Lipinski definition) is 0. The van der Waals surface area contributed by atoms with Crippen molar-refractivity contribution >= 4 is 29.3 Å². The van der Waals surface area contributed by atoms with E-state index < -0.39 is 5.97 Å². The second kappa shape index (κ2) is 8.50. The molecule has 0 aliphatic carbocycles. The van der Waals surface area contributed by atoms with Gasteiger partial charge in [0.05, 0.1) is 11.2 Å². The maximum Gasteiger partial charge on any atom is 0.364 e. The summed E-state index contributed by atoms with van der Waals surface area (Å²) < 4.78 is 18.4. The van der Waals surface area contributed by atoms with E-state index in [2.05, 4.69) is 9.97 Å². The van der Waals surface area contributed by atoms with E-state index in [1.165, 1.54) is 30.1 Å². The number of aromatic nitrogens is 2. The summed E-state index contributed by atoms with van der Waals surface area (Å²) in [5.41, 5.74) is 2.90. The molecule has 27 heavy (non-hydrogen) atoms. The second-order valence-electron chi connectivity index (χ2n) is 5.98. The van der Waals surface area contributed by atoms with Crippen molar-refractivity contribution in [1.29, 1.82) is 0 Å². The molecule has 0 amide bonds. The van der Waals surface area contributed by atoms with Gasteiger partial charge in [-0.1, -0.05) is 41.6 Å². The summed E-state index contributed by atoms with van der Waals surface area (Å²) in [6.07, 6.45) is 1.37. The van der Waals surface area contributed by atoms with Gasteiger partial charge in [0.2, 0.25) is 0 Å². The molecule has 1 aromatic heterocycles. The number of halogens is 2. The molecule has 0 unspecified atom stereocenters. The van der Waals surface area contributed by atoms with Gasteiger partial charge < -0.3 is 4.74 Å². The van der Waals surface area contributed by atoms with Crippen LogP contribution in [0.2, 0.25) is 5.02 Å². The summed E-state index contributed by atoms with van der Waals surface area (Å²) in [5, 5.41) is 0.506. The number of thioether (sulfide) groups is 1. The number of nitrogens with zero attached hydrogens (tertiary/aromatic N) is 2. The van der Waals surface area contributed by atoms with Crippen LogP contribution < -0.4 is 4.74 Å². The highest BCUT2D eigenvalue weighted by atomic mass is 35.5. The van der Waals surface area contributed by atoms with Gasteiger partial charge in [0, 0.05) is 5.75 Å². The van der Waals surface area contributed by atoms with Gasteiger partial charge in [0.15, 0.2) is 10.9 Å². The molecular formula is C20H16ClFN2O2S. The number of esters is 1. The molecule has 0 radical (unpaired) electrons. The summed E-state index contributed by atoms with van der Waals surface area (Å²) in [6, 6.07) is 11.7. The maximum absolute atomic E-state index is 13.0. The largest absolute Gasteiger partial charge is 0.422 e. The Bertz CT molecular complexity index is 960. The summed E-state index contributed by atoms with van der Waals surface area (Å²) >= 11 is 7.40. The average molecular weight is 403 g/mol. The molecular weight excluding hydrogens is 387 g/mol. The minimum Gasteiger partial charge on any atom is -0.422 e. The molecule has 3 aromatic rings. The highest BCUT2D eigenvalue weighted by Crippen LogP contribution is 2.24. The number of benzene rings is 2. The van der Waals surface area contributed by atoms with E-state index >= 15 is 0 Å². The zero-order valence-electron chi connectivity index (χ0n) is 14.7. The van der Waals surface area contributed by atoms with E-state index in [1.807, 2.05) is 19.9 Å². The first-order chi connectivity index (χ1) is 12.9. The average Bonchev–Trinajstić information content (AvgIpc) is 2.61. The van der Waals surface area contributed by atoms with E-state index in [9.17, 15) is 9.18 Å². The molecule has 0 N–H and O–H groups in total. The predicted octanol–water partition coefficient (Wildman–Crippen LogP) is 5.40. The third kappa shape index (κ3) is 5.28. The van der Waals surface area contributed by atoms with Gasteiger partial charge in [-0.05, 0) is 54.8 Å². The van der Waals surface area contributed by atoms with Gasteiger partial charge in [-0.15, -0.1) is 0 Å². The molecule has 0 saturated heterocycles. The minimum atomic E-state index is -0.643. The van der Waals surface area contributed by atoms with E-state index in [0.717, 1.165) is 16.7 Å². The van der Waals surface area contributed by atoms with Crippen molar-refractivity contribution < 1.29 is 13.9 Å². The molecule has 0 fully saturated rings. The lowest BCUT2D eigenvalue weighted by Gasteiger charge is -2.08. The Hall–Kier alpha value is -2.44. The zero-order chi connectivity index (χ0) is 19.4. The van der Waals surface area contributed by atoms with Gasteiger partial charge in [0.25, 0.3) is 0 Å². The smallest absolute Gasteiger partial charge is 0.364 e. The molecule has 3 rings (SSSR count). The van der Waals surface area contributed by atoms with Gasteiger partial charge in [-0.25, -0.2) is 19.2 Å². The number of rotatable bonds is 5. The second-order valence-corrected chi connectivity index (χ2v) is 7.33. The van der Waals surface area contributed by atoms with Crippen LogP contribution in [-0.4, -0.2) is 15.9 Å². The van der Waals surface area contributed by atoms with Crippen LogP contribution in [0.1, 0.15) is 27.2 Å². The van der Waals surface area contributed by atoms with Crippen LogP contribution in [0.25, 0.3) is 0 Å². The number of aryl methyl sites for hydroxylation is 2. The quantitative estimate of drug-likeness (QED) is 0.247. The van der Waals surface area contributed by atoms with E-state index in [0.29, 0.717) is 16.7 Å². The van der Waals surface area contributed by atoms with Crippen molar-refractivity contribution in [3.63, 3.8) is 0 Å². The van der Waals surface area contributed by atoms with Crippen LogP contribution in [0.3, 0.4) is 0 Å². The van der Waals surface area contributed by atoms with Crippen molar-refractivity contribution in [2.45, 2.75) is 24.8 Å². The SMILES string of the molecule is Cc1cc(C)cc(OC(=O)c2nc(SCc3ccc(F)cc3)ncc2Cl)c1. The van der Waals surface area contributed by atoms with Gasteiger partial charge in [-0.2, -0.15) is 0 Å². The molecule has 0 atom stereocenters. The fraction of sp³-hybridized carbons (Fsp3) is 0.150. The number of ether oxygens (including phenoxy) is 1. The monoisotopic (exact) mass is 402 g/mol. The first-order valence-corrected chi connectivity index (χ1v) is 9.47. The highest BCUT2D eigenvalue weighted by Gasteiger charge is 2.17. The molecule has 7 heteroatoms. The van der Waals surface area contributed by atoms with Crippen molar-refractivity contribution in [2.75, 3.05) is 0 Å². The lowest BCUT2D eigenvalue weighted by Crippen LogP contribution is -2.12. The fourth-order valence-electron chi connectivity index (χ4n) is 2.44. The fourth-order valence-corrected chi connectivity index (χ4v) is 3.38. The predicted molar refractivity (Wildman–Crippen MR) is 104 cm³/mol. The van der Waals surface area contributed by atoms with E-state index in [4.69, 9.17) is 16.3 Å². The standard InChI is InChI=1S/C20H16ClFN2O2S/c1-12-7-13(2)9-16(8-12)26-19(25)18-17(21)10-23-20(24-18)27-11-14-3-5-15(22)6-4-14/h3-10H,11H2,1-2H3. The Morgan fingerprint density at radius 1 is 1.15 bits per heavy atom. The maximum atomic E-state index is 13.0. The minimum absolute atomic E-state index is 0.00688. The highest BCUT2D eigenvalue weighted by molar-refractivity contribution is 7.98. The summed E-state index contributed by atoms with van der Waals surface area (Å²) in [6.45, 7) is 3.85. The van der Waals surface area contributed by atoms with Crippen LogP contribution in [0.4, 0.5) is 4.39 Å². The lowest BCUT2D eigenvalue weighted by atomic mass is 10.1. The van der Waals surface area contributed by atoms with Crippen molar-refractivity contribution in [1.82, 2.24) is 9.97 Å². The number of carbonyl (C=O) groups is 1. The Labute approximate surface area is 165 Å². The Kier molecular flexibility index (Phi) is 6.08. The molecule has 1 heterocycles. The third-order valence-electron chi connectivity index (χ3n) is 3.60. The summed E-state index contributed by atoms with van der Waals surface area (Å²) in [5.74, 6) is 0.0413. The summed E-state index contributed by atoms with van der Waals surface area (Å²) in [4.78, 5) is 20.8. The topological polar surface area (TPSA) is 52.1 Å². The lowest BCUT2D eigenvalue weighted by molar-refractivity contribution is 0.0727.